The van der Waals surface area contributed by atoms with E-state index in [4.69, 9.17) is 16.9 Å². The molecule has 1 aliphatic carbocycles. The number of halogens is 1. The summed E-state index contributed by atoms with van der Waals surface area (Å²) in [5, 5.41) is 12.4. The number of fused-ring (bicyclic) bond motifs is 1. The number of hydrogen-bond acceptors (Lipinski definition) is 3. The van der Waals surface area contributed by atoms with Crippen molar-refractivity contribution in [1.29, 1.82) is 5.26 Å². The zero-order valence-corrected chi connectivity index (χ0v) is 17.0. The number of amides is 2. The van der Waals surface area contributed by atoms with E-state index in [-0.39, 0.29) is 23.8 Å². The lowest BCUT2D eigenvalue weighted by molar-refractivity contribution is -0.121. The molecule has 1 aliphatic heterocycles. The van der Waals surface area contributed by atoms with Gasteiger partial charge in [-0.05, 0) is 68.0 Å². The Labute approximate surface area is 175 Å². The fraction of sp³-hybridized carbons (Fsp3) is 0.348. The third kappa shape index (κ3) is 3.73. The molecule has 0 spiro atoms. The molecule has 1 fully saturated rings. The second kappa shape index (κ2) is 7.88. The maximum Gasteiger partial charge on any atom is 0.254 e. The average Bonchev–Trinajstić information content (AvgIpc) is 3.07. The van der Waals surface area contributed by atoms with Crippen LogP contribution in [0.1, 0.15) is 52.7 Å². The van der Waals surface area contributed by atoms with Crippen molar-refractivity contribution in [2.24, 2.45) is 5.92 Å². The molecule has 1 N–H and O–H groups in total. The predicted molar refractivity (Wildman–Crippen MR) is 112 cm³/mol. The number of nitriles is 1. The standard InChI is InChI=1S/C23H22ClN3O2/c1-14-3-2-4-19-20(14)13-27(23(19)29)18-8-5-15(6-9-18)22(28)26-17-7-10-21(24)16(11-17)12-25/h2-4,7,10-11,15,18H,5-6,8-9,13H2,1H3,(H,26,28). The highest BCUT2D eigenvalue weighted by atomic mass is 35.5. The maximum absolute atomic E-state index is 12.8. The maximum atomic E-state index is 12.8. The average molecular weight is 408 g/mol. The molecule has 148 valence electrons. The van der Waals surface area contributed by atoms with Crippen LogP contribution in [0.4, 0.5) is 5.69 Å². The summed E-state index contributed by atoms with van der Waals surface area (Å²) in [6.07, 6.45) is 3.13. The van der Waals surface area contributed by atoms with Crippen LogP contribution in [0, 0.1) is 24.2 Å². The van der Waals surface area contributed by atoms with Crippen LogP contribution in [-0.4, -0.2) is 22.8 Å². The van der Waals surface area contributed by atoms with Crippen LogP contribution in [-0.2, 0) is 11.3 Å². The van der Waals surface area contributed by atoms with Gasteiger partial charge in [0.2, 0.25) is 5.91 Å². The second-order valence-corrected chi connectivity index (χ2v) is 8.24. The van der Waals surface area contributed by atoms with Gasteiger partial charge in [0.15, 0.2) is 0 Å². The summed E-state index contributed by atoms with van der Waals surface area (Å²) in [5.74, 6) is -0.0161. The minimum atomic E-state index is -0.0886. The van der Waals surface area contributed by atoms with Gasteiger partial charge in [-0.2, -0.15) is 5.26 Å². The molecule has 2 amide bonds. The molecule has 1 saturated carbocycles. The van der Waals surface area contributed by atoms with Crippen molar-refractivity contribution in [2.75, 3.05) is 5.32 Å². The molecule has 0 saturated heterocycles. The quantitative estimate of drug-likeness (QED) is 0.803. The Kier molecular flexibility index (Phi) is 5.29. The summed E-state index contributed by atoms with van der Waals surface area (Å²) in [5.41, 5.74) is 4.04. The molecule has 6 heteroatoms. The second-order valence-electron chi connectivity index (χ2n) is 7.84. The van der Waals surface area contributed by atoms with Gasteiger partial charge in [0.1, 0.15) is 6.07 Å². The van der Waals surface area contributed by atoms with E-state index in [2.05, 4.69) is 5.32 Å². The van der Waals surface area contributed by atoms with Crippen molar-refractivity contribution >= 4 is 29.1 Å². The Hall–Kier alpha value is -2.84. The van der Waals surface area contributed by atoms with Gasteiger partial charge in [-0.3, -0.25) is 9.59 Å². The summed E-state index contributed by atoms with van der Waals surface area (Å²) >= 11 is 5.95. The molecule has 0 aromatic heterocycles. The van der Waals surface area contributed by atoms with Crippen molar-refractivity contribution in [3.63, 3.8) is 0 Å². The van der Waals surface area contributed by atoms with Gasteiger partial charge < -0.3 is 10.2 Å². The Morgan fingerprint density at radius 3 is 2.66 bits per heavy atom. The Morgan fingerprint density at radius 2 is 1.97 bits per heavy atom. The summed E-state index contributed by atoms with van der Waals surface area (Å²) < 4.78 is 0. The first-order chi connectivity index (χ1) is 14.0. The number of nitrogens with zero attached hydrogens (tertiary/aromatic N) is 2. The summed E-state index contributed by atoms with van der Waals surface area (Å²) in [6, 6.07) is 13.0. The van der Waals surface area contributed by atoms with E-state index < -0.39 is 0 Å². The van der Waals surface area contributed by atoms with Crippen LogP contribution >= 0.6 is 11.6 Å². The minimum Gasteiger partial charge on any atom is -0.331 e. The van der Waals surface area contributed by atoms with E-state index >= 15 is 0 Å². The first-order valence-electron chi connectivity index (χ1n) is 9.88. The topological polar surface area (TPSA) is 73.2 Å². The van der Waals surface area contributed by atoms with E-state index in [9.17, 15) is 9.59 Å². The summed E-state index contributed by atoms with van der Waals surface area (Å²) in [6.45, 7) is 2.72. The van der Waals surface area contributed by atoms with Crippen molar-refractivity contribution in [3.05, 3.63) is 63.7 Å². The highest BCUT2D eigenvalue weighted by Gasteiger charge is 2.36. The first-order valence-corrected chi connectivity index (χ1v) is 10.3. The number of nitrogens with one attached hydrogen (secondary N) is 1. The molecule has 0 unspecified atom stereocenters. The van der Waals surface area contributed by atoms with Crippen LogP contribution in [0.2, 0.25) is 5.02 Å². The van der Waals surface area contributed by atoms with Gasteiger partial charge >= 0.3 is 0 Å². The van der Waals surface area contributed by atoms with Crippen LogP contribution in [0.3, 0.4) is 0 Å². The zero-order chi connectivity index (χ0) is 20.5. The van der Waals surface area contributed by atoms with Crippen molar-refractivity contribution in [2.45, 2.75) is 45.2 Å². The molecule has 2 aromatic rings. The largest absolute Gasteiger partial charge is 0.331 e. The van der Waals surface area contributed by atoms with Crippen LogP contribution in [0.5, 0.6) is 0 Å². The fourth-order valence-corrected chi connectivity index (χ4v) is 4.55. The lowest BCUT2D eigenvalue weighted by atomic mass is 9.84. The van der Waals surface area contributed by atoms with Gasteiger partial charge in [0.05, 0.1) is 10.6 Å². The zero-order valence-electron chi connectivity index (χ0n) is 16.2. The SMILES string of the molecule is Cc1cccc2c1CN(C1CCC(C(=O)Nc3ccc(Cl)c(C#N)c3)CC1)C2=O. The molecular weight excluding hydrogens is 386 g/mol. The summed E-state index contributed by atoms with van der Waals surface area (Å²) in [4.78, 5) is 27.4. The smallest absolute Gasteiger partial charge is 0.254 e. The van der Waals surface area contributed by atoms with Gasteiger partial charge in [-0.15, -0.1) is 0 Å². The van der Waals surface area contributed by atoms with Gasteiger partial charge in [0, 0.05) is 29.8 Å². The van der Waals surface area contributed by atoms with Crippen LogP contribution in [0.15, 0.2) is 36.4 Å². The number of rotatable bonds is 3. The normalized spacial score (nSPS) is 20.9. The number of hydrogen-bond donors (Lipinski definition) is 1. The molecule has 0 atom stereocenters. The molecule has 2 aliphatic rings. The van der Waals surface area contributed by atoms with E-state index in [1.165, 1.54) is 0 Å². The number of benzene rings is 2. The van der Waals surface area contributed by atoms with E-state index in [1.807, 2.05) is 36.1 Å². The fourth-order valence-electron chi connectivity index (χ4n) is 4.39. The highest BCUT2D eigenvalue weighted by Crippen LogP contribution is 2.34. The monoisotopic (exact) mass is 407 g/mol. The van der Waals surface area contributed by atoms with Crippen molar-refractivity contribution in [1.82, 2.24) is 4.90 Å². The van der Waals surface area contributed by atoms with Crippen molar-refractivity contribution in [3.8, 4) is 6.07 Å². The molecule has 0 radical (unpaired) electrons. The van der Waals surface area contributed by atoms with Crippen LogP contribution < -0.4 is 5.32 Å². The predicted octanol–water partition coefficient (Wildman–Crippen LogP) is 4.67. The van der Waals surface area contributed by atoms with Crippen molar-refractivity contribution < 1.29 is 9.59 Å². The third-order valence-electron chi connectivity index (χ3n) is 6.09. The molecule has 4 rings (SSSR count). The number of carbonyl (C=O) groups is 2. The molecule has 5 nitrogen and oxygen atoms in total. The lowest BCUT2D eigenvalue weighted by Gasteiger charge is -2.34. The Balaban J connectivity index is 1.36. The Morgan fingerprint density at radius 1 is 1.21 bits per heavy atom. The van der Waals surface area contributed by atoms with E-state index in [1.54, 1.807) is 18.2 Å². The number of anilines is 1. The van der Waals surface area contributed by atoms with Gasteiger partial charge in [-0.25, -0.2) is 0 Å². The minimum absolute atomic E-state index is 0.0402. The molecule has 1 heterocycles. The first kappa shape index (κ1) is 19.5. The van der Waals surface area contributed by atoms with Gasteiger partial charge in [0.25, 0.3) is 5.91 Å². The molecule has 0 bridgehead atoms. The number of aryl methyl sites for hydroxylation is 1. The van der Waals surface area contributed by atoms with Crippen LogP contribution in [0.25, 0.3) is 0 Å². The van der Waals surface area contributed by atoms with E-state index in [0.29, 0.717) is 22.8 Å². The molecule has 2 aromatic carbocycles. The van der Waals surface area contributed by atoms with E-state index in [0.717, 1.165) is 42.4 Å². The van der Waals surface area contributed by atoms with Gasteiger partial charge in [-0.1, -0.05) is 23.7 Å². The summed E-state index contributed by atoms with van der Waals surface area (Å²) in [7, 11) is 0. The third-order valence-corrected chi connectivity index (χ3v) is 6.42. The lowest BCUT2D eigenvalue weighted by Crippen LogP contribution is -2.40. The highest BCUT2D eigenvalue weighted by molar-refractivity contribution is 6.31. The Bertz CT molecular complexity index is 1020. The molecule has 29 heavy (non-hydrogen) atoms. The molecular formula is C23H22ClN3O2. The number of carbonyl (C=O) groups excluding carboxylic acids is 2.